The Hall–Kier alpha value is -1.12. The summed E-state index contributed by atoms with van der Waals surface area (Å²) in [5, 5.41) is 2.62. The van der Waals surface area contributed by atoms with Gasteiger partial charge >= 0.3 is 6.09 Å². The zero-order chi connectivity index (χ0) is 11.6. The first-order chi connectivity index (χ1) is 7.83. The van der Waals surface area contributed by atoms with Crippen LogP contribution in [0.25, 0.3) is 0 Å². The molecule has 1 aromatic carbocycles. The lowest BCUT2D eigenvalue weighted by Gasteiger charge is -2.06. The molecule has 16 heavy (non-hydrogen) atoms. The molecule has 0 saturated carbocycles. The van der Waals surface area contributed by atoms with E-state index in [1.165, 1.54) is 0 Å². The maximum absolute atomic E-state index is 11.2. The van der Waals surface area contributed by atoms with Gasteiger partial charge in [0.15, 0.2) is 0 Å². The van der Waals surface area contributed by atoms with E-state index in [2.05, 4.69) is 5.32 Å². The van der Waals surface area contributed by atoms with Crippen LogP contribution < -0.4 is 5.32 Å². The normalized spacial score (nSPS) is 10.6. The van der Waals surface area contributed by atoms with Crippen molar-refractivity contribution < 1.29 is 14.4 Å². The molecule has 1 aromatic rings. The van der Waals surface area contributed by atoms with Crippen molar-refractivity contribution in [1.82, 2.24) is 5.32 Å². The number of hydrogen-bond donors (Lipinski definition) is 2. The third-order valence-corrected chi connectivity index (χ3v) is 2.52. The SMILES string of the molecule is O=C(NCCCPO)OCc1ccccc1. The highest BCUT2D eigenvalue weighted by Gasteiger charge is 2.00. The molecule has 5 heteroatoms. The Kier molecular flexibility index (Phi) is 6.54. The predicted octanol–water partition coefficient (Wildman–Crippen LogP) is 1.89. The van der Waals surface area contributed by atoms with Crippen LogP contribution in [0.15, 0.2) is 30.3 Å². The summed E-state index contributed by atoms with van der Waals surface area (Å²) < 4.78 is 5.00. The molecule has 4 nitrogen and oxygen atoms in total. The van der Waals surface area contributed by atoms with Crippen LogP contribution in [0, 0.1) is 0 Å². The molecular weight excluding hydrogens is 225 g/mol. The van der Waals surface area contributed by atoms with Gasteiger partial charge in [-0.1, -0.05) is 30.3 Å². The van der Waals surface area contributed by atoms with Gasteiger partial charge in [0.25, 0.3) is 0 Å². The van der Waals surface area contributed by atoms with Gasteiger partial charge in [-0.2, -0.15) is 0 Å². The Labute approximate surface area is 96.9 Å². The second kappa shape index (κ2) is 8.08. The number of carbonyl (C=O) groups is 1. The molecule has 1 unspecified atom stereocenters. The summed E-state index contributed by atoms with van der Waals surface area (Å²) >= 11 is 0. The lowest BCUT2D eigenvalue weighted by molar-refractivity contribution is 0.139. The van der Waals surface area contributed by atoms with Gasteiger partial charge in [0.1, 0.15) is 6.61 Å². The molecule has 88 valence electrons. The van der Waals surface area contributed by atoms with Gasteiger partial charge in [0.05, 0.1) is 0 Å². The minimum atomic E-state index is -0.412. The molecule has 0 spiro atoms. The van der Waals surface area contributed by atoms with Gasteiger partial charge in [-0.25, -0.2) is 4.79 Å². The van der Waals surface area contributed by atoms with Crippen LogP contribution in [-0.2, 0) is 11.3 Å². The topological polar surface area (TPSA) is 58.6 Å². The minimum absolute atomic E-state index is 0.0524. The van der Waals surface area contributed by atoms with Crippen LogP contribution in [0.1, 0.15) is 12.0 Å². The molecule has 0 saturated heterocycles. The molecule has 0 aliphatic rings. The molecule has 0 heterocycles. The van der Waals surface area contributed by atoms with Crippen molar-refractivity contribution in [3.05, 3.63) is 35.9 Å². The molecule has 0 radical (unpaired) electrons. The highest BCUT2D eigenvalue weighted by Crippen LogP contribution is 2.02. The van der Waals surface area contributed by atoms with E-state index in [1.807, 2.05) is 30.3 Å². The van der Waals surface area contributed by atoms with E-state index in [-0.39, 0.29) is 15.4 Å². The number of hydrogen-bond acceptors (Lipinski definition) is 3. The summed E-state index contributed by atoms with van der Waals surface area (Å²) in [7, 11) is -0.0524. The molecule has 0 fully saturated rings. The summed E-state index contributed by atoms with van der Waals surface area (Å²) in [4.78, 5) is 19.8. The summed E-state index contributed by atoms with van der Waals surface area (Å²) in [5.41, 5.74) is 0.967. The van der Waals surface area contributed by atoms with Crippen molar-refractivity contribution >= 4 is 14.9 Å². The fourth-order valence-corrected chi connectivity index (χ4v) is 1.47. The highest BCUT2D eigenvalue weighted by molar-refractivity contribution is 7.31. The Morgan fingerprint density at radius 1 is 1.38 bits per heavy atom. The molecule has 1 amide bonds. The Morgan fingerprint density at radius 2 is 2.12 bits per heavy atom. The molecular formula is C11H16NO3P. The first kappa shape index (κ1) is 12.9. The van der Waals surface area contributed by atoms with Gasteiger partial charge < -0.3 is 14.9 Å². The highest BCUT2D eigenvalue weighted by atomic mass is 31.1. The quantitative estimate of drug-likeness (QED) is 0.590. The number of nitrogens with one attached hydrogen (secondary N) is 1. The number of benzene rings is 1. The van der Waals surface area contributed by atoms with Crippen molar-refractivity contribution in [3.63, 3.8) is 0 Å². The number of carbonyl (C=O) groups excluding carboxylic acids is 1. The average Bonchev–Trinajstić information content (AvgIpc) is 2.33. The van der Waals surface area contributed by atoms with Crippen molar-refractivity contribution in [2.75, 3.05) is 12.7 Å². The number of alkyl carbamates (subject to hydrolysis) is 1. The third kappa shape index (κ3) is 5.69. The van der Waals surface area contributed by atoms with E-state index in [1.54, 1.807) is 0 Å². The van der Waals surface area contributed by atoms with Crippen LogP contribution in [-0.4, -0.2) is 23.7 Å². The predicted molar refractivity (Wildman–Crippen MR) is 64.6 cm³/mol. The van der Waals surface area contributed by atoms with Crippen molar-refractivity contribution in [3.8, 4) is 0 Å². The molecule has 0 aliphatic carbocycles. The first-order valence-electron chi connectivity index (χ1n) is 5.14. The van der Waals surface area contributed by atoms with Gasteiger partial charge in [0, 0.05) is 15.4 Å². The van der Waals surface area contributed by atoms with E-state index >= 15 is 0 Å². The Bertz CT molecular complexity index is 305. The standard InChI is InChI=1S/C11H16NO3P/c13-11(12-7-4-8-16-14)15-9-10-5-2-1-3-6-10/h1-3,5-6,14,16H,4,7-9H2,(H,12,13). The molecule has 1 atom stereocenters. The fraction of sp³-hybridized carbons (Fsp3) is 0.364. The van der Waals surface area contributed by atoms with E-state index in [0.717, 1.165) is 18.1 Å². The van der Waals surface area contributed by atoms with Gasteiger partial charge in [-0.15, -0.1) is 0 Å². The maximum Gasteiger partial charge on any atom is 0.407 e. The van der Waals surface area contributed by atoms with Gasteiger partial charge in [0.2, 0.25) is 0 Å². The van der Waals surface area contributed by atoms with Crippen molar-refractivity contribution in [1.29, 1.82) is 0 Å². The third-order valence-electron chi connectivity index (χ3n) is 1.95. The number of rotatable bonds is 6. The second-order valence-corrected chi connectivity index (χ2v) is 4.07. The fourth-order valence-electron chi connectivity index (χ4n) is 1.13. The first-order valence-corrected chi connectivity index (χ1v) is 6.30. The Morgan fingerprint density at radius 3 is 2.81 bits per heavy atom. The van der Waals surface area contributed by atoms with Crippen molar-refractivity contribution in [2.45, 2.75) is 13.0 Å². The van der Waals surface area contributed by atoms with Crippen LogP contribution in [0.3, 0.4) is 0 Å². The molecule has 0 aliphatic heterocycles. The number of amides is 1. The van der Waals surface area contributed by atoms with Crippen LogP contribution >= 0.6 is 8.81 Å². The molecule has 2 N–H and O–H groups in total. The monoisotopic (exact) mass is 241 g/mol. The van der Waals surface area contributed by atoms with Crippen LogP contribution in [0.2, 0.25) is 0 Å². The van der Waals surface area contributed by atoms with Crippen LogP contribution in [0.4, 0.5) is 4.79 Å². The smallest absolute Gasteiger partial charge is 0.407 e. The summed E-state index contributed by atoms with van der Waals surface area (Å²) in [6.45, 7) is 0.829. The molecule has 0 bridgehead atoms. The van der Waals surface area contributed by atoms with E-state index < -0.39 is 6.09 Å². The summed E-state index contributed by atoms with van der Waals surface area (Å²) in [6.07, 6.45) is 1.08. The maximum atomic E-state index is 11.2. The summed E-state index contributed by atoms with van der Waals surface area (Å²) in [5.74, 6) is 0. The zero-order valence-corrected chi connectivity index (χ0v) is 9.98. The van der Waals surface area contributed by atoms with E-state index in [9.17, 15) is 4.79 Å². The van der Waals surface area contributed by atoms with Gasteiger partial charge in [-0.05, 0) is 18.1 Å². The Balaban J connectivity index is 2.11. The minimum Gasteiger partial charge on any atom is -0.445 e. The molecule has 0 aromatic heterocycles. The van der Waals surface area contributed by atoms with E-state index in [4.69, 9.17) is 9.63 Å². The zero-order valence-electron chi connectivity index (χ0n) is 8.98. The number of ether oxygens (including phenoxy) is 1. The average molecular weight is 241 g/mol. The molecule has 1 rings (SSSR count). The van der Waals surface area contributed by atoms with Crippen molar-refractivity contribution in [2.24, 2.45) is 0 Å². The lowest BCUT2D eigenvalue weighted by atomic mass is 10.2. The second-order valence-electron chi connectivity index (χ2n) is 3.25. The van der Waals surface area contributed by atoms with E-state index in [0.29, 0.717) is 6.54 Å². The van der Waals surface area contributed by atoms with Gasteiger partial charge in [-0.3, -0.25) is 0 Å². The lowest BCUT2D eigenvalue weighted by Crippen LogP contribution is -2.25. The largest absolute Gasteiger partial charge is 0.445 e. The summed E-state index contributed by atoms with van der Waals surface area (Å²) in [6, 6.07) is 9.52. The van der Waals surface area contributed by atoms with Crippen LogP contribution in [0.5, 0.6) is 0 Å².